The minimum absolute atomic E-state index is 0.190. The van der Waals surface area contributed by atoms with Crippen molar-refractivity contribution < 1.29 is 27.7 Å². The fraction of sp³-hybridized carbons (Fsp3) is 0. The van der Waals surface area contributed by atoms with Gasteiger partial charge in [-0.25, -0.2) is 0 Å². The van der Waals surface area contributed by atoms with Gasteiger partial charge in [-0.15, -0.1) is 0 Å². The van der Waals surface area contributed by atoms with E-state index in [1.165, 1.54) is 0 Å². The molecule has 0 fully saturated rings. The van der Waals surface area contributed by atoms with Gasteiger partial charge in [0.15, 0.2) is 5.30 Å². The van der Waals surface area contributed by atoms with E-state index in [-0.39, 0.29) is 10.2 Å². The number of benzene rings is 1. The zero-order valence-electron chi connectivity index (χ0n) is 6.77. The Kier molecular flexibility index (Phi) is 2.91. The molecule has 4 N–H and O–H groups in total. The van der Waals surface area contributed by atoms with Crippen LogP contribution in [0, 0.1) is 0 Å². The summed E-state index contributed by atoms with van der Waals surface area (Å²) in [6.07, 6.45) is 0. The van der Waals surface area contributed by atoms with Gasteiger partial charge in [0.25, 0.3) is 10.1 Å². The molecule has 0 saturated carbocycles. The summed E-state index contributed by atoms with van der Waals surface area (Å²) in [7, 11) is -8.41. The maximum absolute atomic E-state index is 10.6. The van der Waals surface area contributed by atoms with Gasteiger partial charge in [-0.05, 0) is 24.3 Å². The highest BCUT2D eigenvalue weighted by Crippen LogP contribution is 2.42. The minimum atomic E-state index is -4.30. The molecule has 1 aromatic rings. The quantitative estimate of drug-likeness (QED) is 0.400. The number of hydrogen-bond donors (Lipinski definition) is 4. The van der Waals surface area contributed by atoms with Crippen LogP contribution in [-0.4, -0.2) is 27.7 Å². The van der Waals surface area contributed by atoms with Crippen LogP contribution in [0.25, 0.3) is 0 Å². The predicted octanol–water partition coefficient (Wildman–Crippen LogP) is -0.702. The van der Waals surface area contributed by atoms with Gasteiger partial charge < -0.3 is 0 Å². The van der Waals surface area contributed by atoms with Gasteiger partial charge in [-0.3, -0.25) is 4.55 Å². The molecule has 1 rings (SSSR count). The highest BCUT2D eigenvalue weighted by Gasteiger charge is 2.33. The molecule has 0 heterocycles. The van der Waals surface area contributed by atoms with Crippen molar-refractivity contribution in [2.45, 2.75) is 4.90 Å². The van der Waals surface area contributed by atoms with Gasteiger partial charge >= 0.3 is 7.94 Å². The molecule has 0 aromatic heterocycles. The Morgan fingerprint density at radius 1 is 1.00 bits per heavy atom. The van der Waals surface area contributed by atoms with Gasteiger partial charge in [-0.2, -0.15) is 23.1 Å². The highest BCUT2D eigenvalue weighted by atomic mass is 32.2. The Morgan fingerprint density at radius 3 is 1.71 bits per heavy atom. The summed E-state index contributed by atoms with van der Waals surface area (Å²) in [6, 6.07) is 3.94. The third kappa shape index (κ3) is 2.71. The van der Waals surface area contributed by atoms with Crippen molar-refractivity contribution in [2.24, 2.45) is 0 Å². The van der Waals surface area contributed by atoms with Crippen LogP contribution in [0.1, 0.15) is 0 Å². The van der Waals surface area contributed by atoms with Crippen molar-refractivity contribution in [2.75, 3.05) is 0 Å². The van der Waals surface area contributed by atoms with Crippen molar-refractivity contribution in [3.05, 3.63) is 24.3 Å². The second kappa shape index (κ2) is 3.54. The maximum atomic E-state index is 10.6. The molecule has 0 aliphatic heterocycles. The lowest BCUT2D eigenvalue weighted by atomic mass is 10.4. The van der Waals surface area contributed by atoms with E-state index in [0.29, 0.717) is 0 Å². The van der Waals surface area contributed by atoms with Crippen LogP contribution in [0.5, 0.6) is 0 Å². The summed E-state index contributed by atoms with van der Waals surface area (Å²) in [5, 5.41) is -0.190. The Labute approximate surface area is 80.8 Å². The lowest BCUT2D eigenvalue weighted by Crippen LogP contribution is -2.10. The first kappa shape index (κ1) is 11.5. The van der Waals surface area contributed by atoms with E-state index in [4.69, 9.17) is 19.2 Å². The van der Waals surface area contributed by atoms with Crippen molar-refractivity contribution in [3.63, 3.8) is 0 Å². The maximum Gasteiger partial charge on any atom is 0.440 e. The van der Waals surface area contributed by atoms with Crippen LogP contribution in [0.2, 0.25) is 0 Å². The molecule has 78 valence electrons. The van der Waals surface area contributed by atoms with Crippen molar-refractivity contribution in [1.29, 1.82) is 0 Å². The second-order valence-corrected chi connectivity index (χ2v) is 5.61. The second-order valence-electron chi connectivity index (χ2n) is 2.54. The van der Waals surface area contributed by atoms with E-state index in [1.54, 1.807) is 0 Å². The molecule has 0 saturated heterocycles. The van der Waals surface area contributed by atoms with Crippen LogP contribution >= 0.6 is 7.94 Å². The number of hydrogen-bond acceptors (Lipinski definition) is 5. The van der Waals surface area contributed by atoms with Crippen LogP contribution in [0.3, 0.4) is 0 Å². The van der Waals surface area contributed by atoms with Crippen molar-refractivity contribution in [3.8, 4) is 0 Å². The molecule has 6 nitrogen and oxygen atoms in total. The summed E-state index contributed by atoms with van der Waals surface area (Å²) in [5.74, 6) is 0. The smallest absolute Gasteiger partial charge is 0.282 e. The largest absolute Gasteiger partial charge is 0.440 e. The molecule has 8 heteroatoms. The molecule has 0 amide bonds. The molecule has 1 aromatic carbocycles. The van der Waals surface area contributed by atoms with E-state index >= 15 is 0 Å². The average molecular weight is 239 g/mol. The fourth-order valence-corrected chi connectivity index (χ4v) is 1.85. The molecule has 0 aliphatic rings. The van der Waals surface area contributed by atoms with Crippen molar-refractivity contribution >= 4 is 23.4 Å². The zero-order chi connectivity index (χ0) is 11.0. The van der Waals surface area contributed by atoms with Gasteiger partial charge in [0, 0.05) is 0 Å². The van der Waals surface area contributed by atoms with E-state index in [2.05, 4.69) is 0 Å². The molecule has 0 unspecified atom stereocenters. The molecule has 0 spiro atoms. The summed E-state index contributed by atoms with van der Waals surface area (Å²) in [4.78, 5) is 26.0. The van der Waals surface area contributed by atoms with E-state index in [0.717, 1.165) is 24.3 Å². The Bertz CT molecular complexity index is 417. The lowest BCUT2D eigenvalue weighted by Gasteiger charge is -2.03. The SMILES string of the molecule is O=S(=O)(O)c1ccc([P+](O)(O)O)cc1. The third-order valence-electron chi connectivity index (χ3n) is 1.48. The molecule has 0 bridgehead atoms. The van der Waals surface area contributed by atoms with Crippen LogP contribution in [0.15, 0.2) is 29.2 Å². The minimum Gasteiger partial charge on any atom is -0.282 e. The van der Waals surface area contributed by atoms with Crippen LogP contribution in [-0.2, 0) is 10.1 Å². The average Bonchev–Trinajstić information content (AvgIpc) is 2.01. The summed E-state index contributed by atoms with van der Waals surface area (Å²) < 4.78 is 29.7. The molecular weight excluding hydrogens is 231 g/mol. The summed E-state index contributed by atoms with van der Waals surface area (Å²) in [6.45, 7) is 0. The highest BCUT2D eigenvalue weighted by molar-refractivity contribution is 7.85. The first-order chi connectivity index (χ1) is 6.21. The predicted molar refractivity (Wildman–Crippen MR) is 49.5 cm³/mol. The fourth-order valence-electron chi connectivity index (χ4n) is 0.818. The normalized spacial score (nSPS) is 12.9. The van der Waals surface area contributed by atoms with Gasteiger partial charge in [0.05, 0.1) is 4.90 Å². The Hall–Kier alpha value is -0.560. The van der Waals surface area contributed by atoms with Crippen molar-refractivity contribution in [1.82, 2.24) is 0 Å². The molecule has 0 atom stereocenters. The molecular formula is C6H8O6PS+. The zero-order valence-corrected chi connectivity index (χ0v) is 8.48. The van der Waals surface area contributed by atoms with E-state index in [9.17, 15) is 8.42 Å². The lowest BCUT2D eigenvalue weighted by molar-refractivity contribution is 0.347. The Balaban J connectivity index is 3.14. The molecule has 0 aliphatic carbocycles. The first-order valence-corrected chi connectivity index (χ1v) is 6.45. The summed E-state index contributed by atoms with van der Waals surface area (Å²) >= 11 is 0. The number of rotatable bonds is 2. The van der Waals surface area contributed by atoms with Gasteiger partial charge in [-0.1, -0.05) is 0 Å². The Morgan fingerprint density at radius 2 is 1.43 bits per heavy atom. The third-order valence-corrected chi connectivity index (χ3v) is 3.34. The monoisotopic (exact) mass is 239 g/mol. The van der Waals surface area contributed by atoms with Gasteiger partial charge in [0.1, 0.15) is 0 Å². The van der Waals surface area contributed by atoms with Crippen LogP contribution in [0.4, 0.5) is 0 Å². The van der Waals surface area contributed by atoms with E-state index < -0.39 is 18.1 Å². The van der Waals surface area contributed by atoms with Crippen LogP contribution < -0.4 is 5.30 Å². The molecule has 0 radical (unpaired) electrons. The van der Waals surface area contributed by atoms with E-state index in [1.807, 2.05) is 0 Å². The topological polar surface area (TPSA) is 115 Å². The summed E-state index contributed by atoms with van der Waals surface area (Å²) in [5.41, 5.74) is 0. The van der Waals surface area contributed by atoms with Gasteiger partial charge in [0.2, 0.25) is 0 Å². The standard InChI is InChI=1S/C6H7O6PS/c7-13(8,9)5-1-3-6(4-2-5)14(10,11)12/h1-4,7-9H/p+1. The first-order valence-electron chi connectivity index (χ1n) is 3.37. The molecule has 14 heavy (non-hydrogen) atoms.